The van der Waals surface area contributed by atoms with Crippen LogP contribution >= 0.6 is 22.9 Å². The highest BCUT2D eigenvalue weighted by Gasteiger charge is 2.14. The first-order valence-corrected chi connectivity index (χ1v) is 9.96. The molecule has 0 saturated heterocycles. The van der Waals surface area contributed by atoms with Gasteiger partial charge in [0.25, 0.3) is 0 Å². The van der Waals surface area contributed by atoms with Gasteiger partial charge in [0, 0.05) is 22.1 Å². The molecule has 0 N–H and O–H groups in total. The van der Waals surface area contributed by atoms with Gasteiger partial charge in [0.05, 0.1) is 12.7 Å². The van der Waals surface area contributed by atoms with Gasteiger partial charge < -0.3 is 14.1 Å². The van der Waals surface area contributed by atoms with Crippen molar-refractivity contribution in [3.05, 3.63) is 44.2 Å². The van der Waals surface area contributed by atoms with Crippen LogP contribution in [0, 0.1) is 13.8 Å². The summed E-state index contributed by atoms with van der Waals surface area (Å²) in [6.07, 6.45) is 2.23. The maximum atomic E-state index is 6.19. The molecule has 7 heteroatoms. The van der Waals surface area contributed by atoms with Crippen LogP contribution in [0.1, 0.15) is 42.8 Å². The third-order valence-corrected chi connectivity index (χ3v) is 5.34. The van der Waals surface area contributed by atoms with E-state index < -0.39 is 0 Å². The van der Waals surface area contributed by atoms with Crippen LogP contribution in [0.4, 0.5) is 0 Å². The first kappa shape index (κ1) is 20.5. The number of rotatable bonds is 7. The summed E-state index contributed by atoms with van der Waals surface area (Å²) in [4.78, 5) is 12.3. The van der Waals surface area contributed by atoms with Crippen molar-refractivity contribution in [2.24, 2.45) is 10.1 Å². The molecule has 0 fully saturated rings. The molecule has 0 spiro atoms. The summed E-state index contributed by atoms with van der Waals surface area (Å²) in [6, 6.07) is 5.39. The Morgan fingerprint density at radius 2 is 2.04 bits per heavy atom. The lowest BCUT2D eigenvalue weighted by Crippen LogP contribution is -2.19. The van der Waals surface area contributed by atoms with Crippen LogP contribution in [0.25, 0.3) is 0 Å². The SMILES string of the molecule is CCCCn1c(C)c(C)s/c1=N\C(=N\OCC)c1cc(Cl)ccc1OC. The van der Waals surface area contributed by atoms with Crippen molar-refractivity contribution in [2.75, 3.05) is 13.7 Å². The average Bonchev–Trinajstić information content (AvgIpc) is 2.90. The summed E-state index contributed by atoms with van der Waals surface area (Å²) in [6.45, 7) is 9.70. The van der Waals surface area contributed by atoms with Crippen LogP contribution in [0.15, 0.2) is 28.3 Å². The van der Waals surface area contributed by atoms with Crippen LogP contribution in [-0.2, 0) is 11.4 Å². The summed E-state index contributed by atoms with van der Waals surface area (Å²) >= 11 is 7.84. The topological polar surface area (TPSA) is 48.1 Å². The van der Waals surface area contributed by atoms with Crippen molar-refractivity contribution < 1.29 is 9.57 Å². The maximum Gasteiger partial charge on any atom is 0.205 e. The number of benzene rings is 1. The Morgan fingerprint density at radius 3 is 2.69 bits per heavy atom. The lowest BCUT2D eigenvalue weighted by atomic mass is 10.2. The number of hydrogen-bond donors (Lipinski definition) is 0. The van der Waals surface area contributed by atoms with Crippen LogP contribution in [0.5, 0.6) is 5.75 Å². The van der Waals surface area contributed by atoms with Crippen LogP contribution < -0.4 is 9.54 Å². The van der Waals surface area contributed by atoms with Crippen LogP contribution in [0.3, 0.4) is 0 Å². The molecular formula is C19H26ClN3O2S. The zero-order chi connectivity index (χ0) is 19.1. The van der Waals surface area contributed by atoms with Crippen molar-refractivity contribution in [2.45, 2.75) is 47.1 Å². The Balaban J connectivity index is 2.62. The first-order chi connectivity index (χ1) is 12.5. The van der Waals surface area contributed by atoms with Crippen molar-refractivity contribution in [1.29, 1.82) is 0 Å². The second-order valence-electron chi connectivity index (χ2n) is 5.82. The highest BCUT2D eigenvalue weighted by Crippen LogP contribution is 2.24. The highest BCUT2D eigenvalue weighted by molar-refractivity contribution is 7.09. The monoisotopic (exact) mass is 395 g/mol. The molecule has 0 unspecified atom stereocenters. The van der Waals surface area contributed by atoms with Gasteiger partial charge in [-0.3, -0.25) is 0 Å². The number of methoxy groups -OCH3 is 1. The van der Waals surface area contributed by atoms with E-state index >= 15 is 0 Å². The van der Waals surface area contributed by atoms with E-state index in [1.807, 2.05) is 13.0 Å². The quantitative estimate of drug-likeness (QED) is 0.379. The summed E-state index contributed by atoms with van der Waals surface area (Å²) < 4.78 is 7.70. The standard InChI is InChI=1S/C19H26ClN3O2S/c1-6-8-11-23-13(3)14(4)26-19(23)21-18(22-25-7-2)16-12-15(20)9-10-17(16)24-5/h9-10,12H,6-8,11H2,1-5H3/b21-19-,22-18+. The number of aryl methyl sites for hydroxylation is 1. The van der Waals surface area contributed by atoms with Crippen molar-refractivity contribution in [3.8, 4) is 5.75 Å². The smallest absolute Gasteiger partial charge is 0.205 e. The van der Waals surface area contributed by atoms with E-state index in [-0.39, 0.29) is 0 Å². The van der Waals surface area contributed by atoms with Gasteiger partial charge in [-0.15, -0.1) is 11.3 Å². The Hall–Kier alpha value is -1.79. The molecule has 2 aromatic rings. The van der Waals surface area contributed by atoms with Gasteiger partial charge >= 0.3 is 0 Å². The number of unbranched alkanes of at least 4 members (excludes halogenated alkanes) is 1. The molecule has 142 valence electrons. The Kier molecular flexibility index (Phi) is 7.72. The molecule has 0 atom stereocenters. The van der Waals surface area contributed by atoms with Gasteiger partial charge in [-0.05, 0) is 45.4 Å². The van der Waals surface area contributed by atoms with E-state index in [9.17, 15) is 0 Å². The summed E-state index contributed by atoms with van der Waals surface area (Å²) in [5.74, 6) is 1.11. The van der Waals surface area contributed by atoms with Crippen molar-refractivity contribution >= 4 is 28.8 Å². The molecule has 0 aliphatic heterocycles. The summed E-state index contributed by atoms with van der Waals surface area (Å²) in [7, 11) is 1.62. The number of halogens is 1. The van der Waals surface area contributed by atoms with Gasteiger partial charge in [-0.2, -0.15) is 4.99 Å². The molecule has 1 aromatic heterocycles. The van der Waals surface area contributed by atoms with E-state index in [2.05, 4.69) is 30.5 Å². The summed E-state index contributed by atoms with van der Waals surface area (Å²) in [5.41, 5.74) is 1.94. The van der Waals surface area contributed by atoms with Gasteiger partial charge in [0.2, 0.25) is 5.84 Å². The Bertz CT molecular complexity index is 840. The summed E-state index contributed by atoms with van der Waals surface area (Å²) in [5, 5.41) is 4.82. The molecule has 0 radical (unpaired) electrons. The van der Waals surface area contributed by atoms with Crippen molar-refractivity contribution in [1.82, 2.24) is 4.57 Å². The number of amidine groups is 1. The fraction of sp³-hybridized carbons (Fsp3) is 0.474. The first-order valence-electron chi connectivity index (χ1n) is 8.77. The molecule has 0 amide bonds. The number of hydrogen-bond acceptors (Lipinski definition) is 4. The fourth-order valence-corrected chi connectivity index (χ4v) is 3.64. The van der Waals surface area contributed by atoms with Gasteiger partial charge in [0.1, 0.15) is 12.4 Å². The molecule has 0 saturated carbocycles. The minimum atomic E-state index is 0.456. The molecule has 26 heavy (non-hydrogen) atoms. The van der Waals surface area contributed by atoms with E-state index in [1.165, 1.54) is 10.6 Å². The average molecular weight is 396 g/mol. The number of thiazole rings is 1. The molecular weight excluding hydrogens is 370 g/mol. The van der Waals surface area contributed by atoms with Crippen LogP contribution in [0.2, 0.25) is 5.02 Å². The molecule has 0 bridgehead atoms. The third kappa shape index (κ3) is 4.89. The fourth-order valence-electron chi connectivity index (χ4n) is 2.46. The lowest BCUT2D eigenvalue weighted by Gasteiger charge is -2.09. The second kappa shape index (κ2) is 9.78. The molecule has 0 aliphatic carbocycles. The van der Waals surface area contributed by atoms with Crippen LogP contribution in [-0.4, -0.2) is 24.1 Å². The zero-order valence-corrected chi connectivity index (χ0v) is 17.6. The van der Waals surface area contributed by atoms with Gasteiger partial charge in [0.15, 0.2) is 4.80 Å². The maximum absolute atomic E-state index is 6.19. The molecule has 0 aliphatic rings. The molecule has 2 rings (SSSR count). The molecule has 1 aromatic carbocycles. The largest absolute Gasteiger partial charge is 0.496 e. The third-order valence-electron chi connectivity index (χ3n) is 4.01. The van der Waals surface area contributed by atoms with Gasteiger partial charge in [-0.25, -0.2) is 0 Å². The lowest BCUT2D eigenvalue weighted by molar-refractivity contribution is 0.158. The Labute approximate surface area is 163 Å². The van der Waals surface area contributed by atoms with E-state index in [1.54, 1.807) is 30.6 Å². The highest BCUT2D eigenvalue weighted by atomic mass is 35.5. The molecule has 1 heterocycles. The second-order valence-corrected chi connectivity index (χ2v) is 7.44. The zero-order valence-electron chi connectivity index (χ0n) is 16.0. The number of oxime groups is 1. The van der Waals surface area contributed by atoms with E-state index in [4.69, 9.17) is 26.2 Å². The number of aromatic nitrogens is 1. The van der Waals surface area contributed by atoms with E-state index in [0.29, 0.717) is 28.8 Å². The predicted molar refractivity (Wildman–Crippen MR) is 108 cm³/mol. The minimum Gasteiger partial charge on any atom is -0.496 e. The normalized spacial score (nSPS) is 12.5. The van der Waals surface area contributed by atoms with E-state index in [0.717, 1.165) is 24.2 Å². The number of ether oxygens (including phenoxy) is 1. The molecule has 5 nitrogen and oxygen atoms in total. The van der Waals surface area contributed by atoms with Crippen molar-refractivity contribution in [3.63, 3.8) is 0 Å². The Morgan fingerprint density at radius 1 is 1.27 bits per heavy atom. The number of nitrogens with zero attached hydrogens (tertiary/aromatic N) is 3. The predicted octanol–water partition coefficient (Wildman–Crippen LogP) is 4.93. The minimum absolute atomic E-state index is 0.456. The van der Waals surface area contributed by atoms with Gasteiger partial charge in [-0.1, -0.05) is 30.1 Å².